The van der Waals surface area contributed by atoms with Crippen LogP contribution < -0.4 is 9.21 Å². The fourth-order valence-electron chi connectivity index (χ4n) is 3.53. The monoisotopic (exact) mass is 439 g/mol. The van der Waals surface area contributed by atoms with Crippen molar-refractivity contribution < 1.29 is 17.6 Å². The van der Waals surface area contributed by atoms with Gasteiger partial charge in [0, 0.05) is 36.9 Å². The lowest BCUT2D eigenvalue weighted by Gasteiger charge is -2.39. The average Bonchev–Trinajstić information content (AvgIpc) is 2.68. The first-order valence-electron chi connectivity index (χ1n) is 9.21. The lowest BCUT2D eigenvalue weighted by molar-refractivity contribution is -0.132. The van der Waals surface area contributed by atoms with Crippen molar-refractivity contribution in [2.75, 3.05) is 41.6 Å². The summed E-state index contributed by atoms with van der Waals surface area (Å²) in [5, 5.41) is 0.642. The van der Waals surface area contributed by atoms with Gasteiger partial charge in [-0.25, -0.2) is 12.8 Å². The maximum absolute atomic E-state index is 14.3. The van der Waals surface area contributed by atoms with Crippen LogP contribution in [-0.4, -0.2) is 57.7 Å². The van der Waals surface area contributed by atoms with Crippen LogP contribution in [0, 0.1) is 5.82 Å². The number of halogens is 2. The molecule has 0 aromatic heterocycles. The molecule has 1 fully saturated rings. The lowest BCUT2D eigenvalue weighted by atomic mass is 10.2. The van der Waals surface area contributed by atoms with Crippen LogP contribution in [0.1, 0.15) is 6.92 Å². The van der Waals surface area contributed by atoms with Gasteiger partial charge in [0.25, 0.3) is 0 Å². The zero-order valence-electron chi connectivity index (χ0n) is 16.3. The molecule has 0 spiro atoms. The number of para-hydroxylation sites is 1. The lowest BCUT2D eigenvalue weighted by Crippen LogP contribution is -2.55. The molecular formula is C20H23ClFN3O3S. The van der Waals surface area contributed by atoms with Crippen molar-refractivity contribution >= 4 is 38.9 Å². The number of hydrogen-bond acceptors (Lipinski definition) is 4. The van der Waals surface area contributed by atoms with Crippen LogP contribution in [0.5, 0.6) is 0 Å². The Morgan fingerprint density at radius 2 is 1.76 bits per heavy atom. The molecule has 29 heavy (non-hydrogen) atoms. The van der Waals surface area contributed by atoms with E-state index in [9.17, 15) is 17.6 Å². The molecule has 2 aromatic rings. The summed E-state index contributed by atoms with van der Waals surface area (Å²) in [5.74, 6) is -1.05. The van der Waals surface area contributed by atoms with Crippen LogP contribution in [0.3, 0.4) is 0 Å². The van der Waals surface area contributed by atoms with Gasteiger partial charge in [-0.1, -0.05) is 29.8 Å². The fourth-order valence-corrected chi connectivity index (χ4v) is 4.88. The Morgan fingerprint density at radius 3 is 2.34 bits per heavy atom. The molecule has 0 bridgehead atoms. The first-order valence-corrected chi connectivity index (χ1v) is 11.4. The van der Waals surface area contributed by atoms with E-state index in [4.69, 9.17) is 11.6 Å². The number of piperazine rings is 1. The molecule has 1 aliphatic heterocycles. The van der Waals surface area contributed by atoms with E-state index in [1.165, 1.54) is 31.2 Å². The highest BCUT2D eigenvalue weighted by Crippen LogP contribution is 2.26. The van der Waals surface area contributed by atoms with Gasteiger partial charge in [-0.2, -0.15) is 0 Å². The van der Waals surface area contributed by atoms with Gasteiger partial charge in [-0.3, -0.25) is 9.10 Å². The molecule has 9 heteroatoms. The van der Waals surface area contributed by atoms with Crippen LogP contribution in [-0.2, 0) is 14.8 Å². The SMILES string of the molecule is C[C@H](C(=O)N1CCN(c2cccc(Cl)c2)CC1)N(c1ccccc1F)S(C)(=O)=O. The number of amides is 1. The summed E-state index contributed by atoms with van der Waals surface area (Å²) in [4.78, 5) is 16.8. The van der Waals surface area contributed by atoms with E-state index in [0.717, 1.165) is 16.2 Å². The molecule has 2 aromatic carbocycles. The van der Waals surface area contributed by atoms with Gasteiger partial charge in [0.1, 0.15) is 11.9 Å². The van der Waals surface area contributed by atoms with Crippen molar-refractivity contribution in [1.82, 2.24) is 4.90 Å². The van der Waals surface area contributed by atoms with Crippen molar-refractivity contribution in [2.45, 2.75) is 13.0 Å². The highest BCUT2D eigenvalue weighted by atomic mass is 35.5. The third-order valence-electron chi connectivity index (χ3n) is 4.92. The molecule has 1 aliphatic rings. The Labute approximate surface area is 175 Å². The molecule has 1 saturated heterocycles. The van der Waals surface area contributed by atoms with E-state index >= 15 is 0 Å². The second kappa shape index (κ2) is 8.59. The number of carbonyl (C=O) groups excluding carboxylic acids is 1. The molecule has 156 valence electrons. The molecule has 1 atom stereocenters. The van der Waals surface area contributed by atoms with Gasteiger partial charge in [-0.15, -0.1) is 0 Å². The van der Waals surface area contributed by atoms with Gasteiger partial charge in [-0.05, 0) is 37.3 Å². The number of anilines is 2. The Morgan fingerprint density at radius 1 is 1.10 bits per heavy atom. The van der Waals surface area contributed by atoms with Crippen molar-refractivity contribution in [1.29, 1.82) is 0 Å². The summed E-state index contributed by atoms with van der Waals surface area (Å²) in [6.45, 7) is 3.54. The summed E-state index contributed by atoms with van der Waals surface area (Å²) < 4.78 is 39.8. The van der Waals surface area contributed by atoms with Gasteiger partial charge in [0.05, 0.1) is 11.9 Å². The van der Waals surface area contributed by atoms with Crippen molar-refractivity contribution in [3.8, 4) is 0 Å². The topological polar surface area (TPSA) is 60.9 Å². The summed E-state index contributed by atoms with van der Waals surface area (Å²) in [6.07, 6.45) is 0.973. The van der Waals surface area contributed by atoms with Gasteiger partial charge in [0.2, 0.25) is 15.9 Å². The molecule has 6 nitrogen and oxygen atoms in total. The minimum absolute atomic E-state index is 0.131. The number of hydrogen-bond donors (Lipinski definition) is 0. The molecule has 0 N–H and O–H groups in total. The molecular weight excluding hydrogens is 417 g/mol. The average molecular weight is 440 g/mol. The Hall–Kier alpha value is -2.32. The molecule has 0 saturated carbocycles. The third kappa shape index (κ3) is 4.82. The van der Waals surface area contributed by atoms with Crippen LogP contribution in [0.25, 0.3) is 0 Å². The Balaban J connectivity index is 1.75. The zero-order valence-corrected chi connectivity index (χ0v) is 17.8. The second-order valence-electron chi connectivity index (χ2n) is 6.98. The fraction of sp³-hybridized carbons (Fsp3) is 0.350. The number of rotatable bonds is 5. The van der Waals surface area contributed by atoms with Crippen molar-refractivity contribution in [2.24, 2.45) is 0 Å². The normalized spacial score (nSPS) is 15.9. The molecule has 0 radical (unpaired) electrons. The number of benzene rings is 2. The standard InChI is InChI=1S/C20H23ClFN3O3S/c1-15(25(29(2,27)28)19-9-4-3-8-18(19)22)20(26)24-12-10-23(11-13-24)17-7-5-6-16(21)14-17/h3-9,14-15H,10-13H2,1-2H3/t15-/m1/s1. The zero-order chi connectivity index (χ0) is 21.2. The predicted molar refractivity (Wildman–Crippen MR) is 113 cm³/mol. The molecule has 3 rings (SSSR count). The first-order chi connectivity index (χ1) is 13.7. The van der Waals surface area contributed by atoms with Crippen LogP contribution >= 0.6 is 11.6 Å². The summed E-state index contributed by atoms with van der Waals surface area (Å²) in [5.41, 5.74) is 0.843. The van der Waals surface area contributed by atoms with Crippen molar-refractivity contribution in [3.63, 3.8) is 0 Å². The van der Waals surface area contributed by atoms with Crippen LogP contribution in [0.15, 0.2) is 48.5 Å². The minimum atomic E-state index is -3.86. The quantitative estimate of drug-likeness (QED) is 0.718. The van der Waals surface area contributed by atoms with E-state index in [0.29, 0.717) is 31.2 Å². The smallest absolute Gasteiger partial charge is 0.246 e. The summed E-state index contributed by atoms with van der Waals surface area (Å²) >= 11 is 6.05. The van der Waals surface area contributed by atoms with Gasteiger partial charge >= 0.3 is 0 Å². The number of nitrogens with zero attached hydrogens (tertiary/aromatic N) is 3. The predicted octanol–water partition coefficient (Wildman–Crippen LogP) is 2.98. The summed E-state index contributed by atoms with van der Waals surface area (Å²) in [7, 11) is -3.86. The third-order valence-corrected chi connectivity index (χ3v) is 6.38. The maximum Gasteiger partial charge on any atom is 0.246 e. The molecule has 1 amide bonds. The van der Waals surface area contributed by atoms with E-state index in [-0.39, 0.29) is 11.6 Å². The van der Waals surface area contributed by atoms with E-state index in [1.54, 1.807) is 11.0 Å². The highest BCUT2D eigenvalue weighted by molar-refractivity contribution is 7.92. The maximum atomic E-state index is 14.3. The van der Waals surface area contributed by atoms with E-state index in [2.05, 4.69) is 4.90 Å². The van der Waals surface area contributed by atoms with Gasteiger partial charge < -0.3 is 9.80 Å². The summed E-state index contributed by atoms with van der Waals surface area (Å²) in [6, 6.07) is 12.0. The van der Waals surface area contributed by atoms with Crippen LogP contribution in [0.4, 0.5) is 15.8 Å². The molecule has 0 aliphatic carbocycles. The highest BCUT2D eigenvalue weighted by Gasteiger charge is 2.34. The second-order valence-corrected chi connectivity index (χ2v) is 9.27. The minimum Gasteiger partial charge on any atom is -0.368 e. The largest absolute Gasteiger partial charge is 0.368 e. The van der Waals surface area contributed by atoms with Crippen molar-refractivity contribution in [3.05, 3.63) is 59.4 Å². The van der Waals surface area contributed by atoms with E-state index < -0.39 is 21.9 Å². The number of carbonyl (C=O) groups is 1. The molecule has 1 heterocycles. The first kappa shape index (κ1) is 21.4. The van der Waals surface area contributed by atoms with E-state index in [1.807, 2.05) is 18.2 Å². The number of sulfonamides is 1. The molecule has 0 unspecified atom stereocenters. The Bertz CT molecular complexity index is 994. The van der Waals surface area contributed by atoms with Crippen LogP contribution in [0.2, 0.25) is 5.02 Å². The van der Waals surface area contributed by atoms with Gasteiger partial charge in [0.15, 0.2) is 0 Å². The Kier molecular flexibility index (Phi) is 6.33.